The average molecular weight is 268 g/mol. The van der Waals surface area contributed by atoms with Crippen molar-refractivity contribution in [2.24, 2.45) is 0 Å². The van der Waals surface area contributed by atoms with Crippen LogP contribution >= 0.6 is 15.9 Å². The van der Waals surface area contributed by atoms with Crippen LogP contribution in [0.25, 0.3) is 0 Å². The Morgan fingerprint density at radius 2 is 1.53 bits per heavy atom. The Morgan fingerprint density at radius 1 is 0.933 bits per heavy atom. The average Bonchev–Trinajstić information content (AvgIpc) is 2.31. The van der Waals surface area contributed by atoms with Gasteiger partial charge in [-0.2, -0.15) is 0 Å². The third-order valence-corrected chi connectivity index (χ3v) is 3.68. The number of halogens is 1. The van der Waals surface area contributed by atoms with Crippen molar-refractivity contribution in [2.75, 3.05) is 13.1 Å². The predicted molar refractivity (Wildman–Crippen MR) is 68.2 cm³/mol. The molecule has 15 heavy (non-hydrogen) atoms. The van der Waals surface area contributed by atoms with Gasteiger partial charge in [-0.25, -0.2) is 0 Å². The van der Waals surface area contributed by atoms with Crippen LogP contribution in [0.3, 0.4) is 0 Å². The highest BCUT2D eigenvalue weighted by molar-refractivity contribution is 9.08. The number of rotatable bonds is 3. The van der Waals surface area contributed by atoms with Crippen LogP contribution in [0, 0.1) is 0 Å². The van der Waals surface area contributed by atoms with Crippen LogP contribution in [-0.4, -0.2) is 18.0 Å². The van der Waals surface area contributed by atoms with Crippen LogP contribution in [0.2, 0.25) is 0 Å². The summed E-state index contributed by atoms with van der Waals surface area (Å²) in [6, 6.07) is 8.94. The summed E-state index contributed by atoms with van der Waals surface area (Å²) in [5, 5.41) is 0.955. The summed E-state index contributed by atoms with van der Waals surface area (Å²) in [5.41, 5.74) is 2.80. The first kappa shape index (κ1) is 11.2. The van der Waals surface area contributed by atoms with Crippen LogP contribution in [-0.2, 0) is 11.9 Å². The zero-order valence-corrected chi connectivity index (χ0v) is 10.7. The zero-order chi connectivity index (χ0) is 10.5. The molecule has 0 N–H and O–H groups in total. The van der Waals surface area contributed by atoms with E-state index in [0.717, 1.165) is 11.9 Å². The van der Waals surface area contributed by atoms with E-state index in [2.05, 4.69) is 45.1 Å². The lowest BCUT2D eigenvalue weighted by molar-refractivity contribution is 0.221. The maximum atomic E-state index is 3.47. The van der Waals surface area contributed by atoms with Crippen molar-refractivity contribution in [2.45, 2.75) is 31.1 Å². The third kappa shape index (κ3) is 3.32. The topological polar surface area (TPSA) is 3.24 Å². The smallest absolute Gasteiger partial charge is 0.0283 e. The molecule has 1 saturated heterocycles. The molecule has 1 aromatic rings. The van der Waals surface area contributed by atoms with Crippen molar-refractivity contribution >= 4 is 15.9 Å². The molecule has 2 rings (SSSR count). The van der Waals surface area contributed by atoms with Gasteiger partial charge >= 0.3 is 0 Å². The number of hydrogen-bond donors (Lipinski definition) is 0. The fourth-order valence-electron chi connectivity index (χ4n) is 2.11. The van der Waals surface area contributed by atoms with Gasteiger partial charge in [-0.15, -0.1) is 0 Å². The summed E-state index contributed by atoms with van der Waals surface area (Å²) in [7, 11) is 0. The molecule has 1 aliphatic rings. The van der Waals surface area contributed by atoms with Crippen molar-refractivity contribution in [1.29, 1.82) is 0 Å². The number of piperidine rings is 1. The number of nitrogens with zero attached hydrogens (tertiary/aromatic N) is 1. The van der Waals surface area contributed by atoms with E-state index in [1.165, 1.54) is 43.5 Å². The molecule has 0 bridgehead atoms. The molecule has 82 valence electrons. The first-order chi connectivity index (χ1) is 7.38. The second kappa shape index (κ2) is 5.66. The Kier molecular flexibility index (Phi) is 4.21. The zero-order valence-electron chi connectivity index (χ0n) is 9.08. The molecule has 1 nitrogen and oxygen atoms in total. The molecule has 1 fully saturated rings. The molecule has 0 radical (unpaired) electrons. The lowest BCUT2D eigenvalue weighted by atomic mass is 10.1. The Balaban J connectivity index is 1.91. The van der Waals surface area contributed by atoms with Crippen LogP contribution in [0.5, 0.6) is 0 Å². The maximum Gasteiger partial charge on any atom is 0.0283 e. The molecular weight excluding hydrogens is 250 g/mol. The third-order valence-electron chi connectivity index (χ3n) is 3.03. The molecule has 1 aromatic carbocycles. The molecule has 1 aliphatic heterocycles. The summed E-state index contributed by atoms with van der Waals surface area (Å²) < 4.78 is 0. The maximum absolute atomic E-state index is 3.47. The summed E-state index contributed by atoms with van der Waals surface area (Å²) >= 11 is 3.47. The molecule has 0 atom stereocenters. The van der Waals surface area contributed by atoms with Crippen LogP contribution in [0.15, 0.2) is 24.3 Å². The quantitative estimate of drug-likeness (QED) is 0.757. The van der Waals surface area contributed by atoms with Gasteiger partial charge in [0, 0.05) is 11.9 Å². The first-order valence-electron chi connectivity index (χ1n) is 5.74. The predicted octanol–water partition coefficient (Wildman–Crippen LogP) is 3.57. The summed E-state index contributed by atoms with van der Waals surface area (Å²) in [5.74, 6) is 0. The minimum absolute atomic E-state index is 0.955. The van der Waals surface area contributed by atoms with E-state index in [1.54, 1.807) is 0 Å². The Morgan fingerprint density at radius 3 is 2.13 bits per heavy atom. The van der Waals surface area contributed by atoms with Gasteiger partial charge in [-0.05, 0) is 37.1 Å². The highest BCUT2D eigenvalue weighted by Crippen LogP contribution is 2.14. The molecule has 0 saturated carbocycles. The molecule has 0 aliphatic carbocycles. The SMILES string of the molecule is BrCc1ccc(CN2CCCCC2)cc1. The van der Waals surface area contributed by atoms with Crippen LogP contribution in [0.1, 0.15) is 30.4 Å². The molecule has 2 heteroatoms. The molecule has 0 spiro atoms. The van der Waals surface area contributed by atoms with Crippen LogP contribution < -0.4 is 0 Å². The summed E-state index contributed by atoms with van der Waals surface area (Å²) in [6.45, 7) is 3.68. The Labute approximate surface area is 101 Å². The summed E-state index contributed by atoms with van der Waals surface area (Å²) in [4.78, 5) is 2.56. The molecule has 0 unspecified atom stereocenters. The molecular formula is C13H18BrN. The van der Waals surface area contributed by atoms with Gasteiger partial charge in [0.05, 0.1) is 0 Å². The Bertz CT molecular complexity index is 288. The minimum atomic E-state index is 0.955. The van der Waals surface area contributed by atoms with Gasteiger partial charge in [0.15, 0.2) is 0 Å². The van der Waals surface area contributed by atoms with E-state index in [1.807, 2.05) is 0 Å². The second-order valence-electron chi connectivity index (χ2n) is 4.29. The van der Waals surface area contributed by atoms with E-state index in [9.17, 15) is 0 Å². The van der Waals surface area contributed by atoms with Gasteiger partial charge in [-0.1, -0.05) is 46.6 Å². The highest BCUT2D eigenvalue weighted by atomic mass is 79.9. The standard InChI is InChI=1S/C13H18BrN/c14-10-12-4-6-13(7-5-12)11-15-8-2-1-3-9-15/h4-7H,1-3,8-11H2. The van der Waals surface area contributed by atoms with Crippen LogP contribution in [0.4, 0.5) is 0 Å². The van der Waals surface area contributed by atoms with E-state index < -0.39 is 0 Å². The lowest BCUT2D eigenvalue weighted by Crippen LogP contribution is -2.29. The largest absolute Gasteiger partial charge is 0.299 e. The molecule has 0 amide bonds. The fraction of sp³-hybridized carbons (Fsp3) is 0.538. The minimum Gasteiger partial charge on any atom is -0.299 e. The van der Waals surface area contributed by atoms with Gasteiger partial charge in [0.1, 0.15) is 0 Å². The monoisotopic (exact) mass is 267 g/mol. The number of alkyl halides is 1. The van der Waals surface area contributed by atoms with Gasteiger partial charge < -0.3 is 0 Å². The van der Waals surface area contributed by atoms with E-state index in [-0.39, 0.29) is 0 Å². The molecule has 0 aromatic heterocycles. The normalized spacial score (nSPS) is 17.9. The highest BCUT2D eigenvalue weighted by Gasteiger charge is 2.09. The fourth-order valence-corrected chi connectivity index (χ4v) is 2.48. The summed E-state index contributed by atoms with van der Waals surface area (Å²) in [6.07, 6.45) is 4.16. The van der Waals surface area contributed by atoms with Gasteiger partial charge in [0.25, 0.3) is 0 Å². The number of hydrogen-bond acceptors (Lipinski definition) is 1. The Hall–Kier alpha value is -0.340. The van der Waals surface area contributed by atoms with Gasteiger partial charge in [-0.3, -0.25) is 4.90 Å². The number of likely N-dealkylation sites (tertiary alicyclic amines) is 1. The molecule has 1 heterocycles. The van der Waals surface area contributed by atoms with Crippen molar-refractivity contribution in [3.05, 3.63) is 35.4 Å². The van der Waals surface area contributed by atoms with E-state index >= 15 is 0 Å². The first-order valence-corrected chi connectivity index (χ1v) is 6.87. The van der Waals surface area contributed by atoms with Crippen molar-refractivity contribution < 1.29 is 0 Å². The number of benzene rings is 1. The lowest BCUT2D eigenvalue weighted by Gasteiger charge is -2.26. The second-order valence-corrected chi connectivity index (χ2v) is 4.85. The van der Waals surface area contributed by atoms with Gasteiger partial charge in [0.2, 0.25) is 0 Å². The van der Waals surface area contributed by atoms with E-state index in [4.69, 9.17) is 0 Å². The van der Waals surface area contributed by atoms with Crippen molar-refractivity contribution in [3.8, 4) is 0 Å². The van der Waals surface area contributed by atoms with Crippen molar-refractivity contribution in [1.82, 2.24) is 4.90 Å². The van der Waals surface area contributed by atoms with Crippen molar-refractivity contribution in [3.63, 3.8) is 0 Å². The van der Waals surface area contributed by atoms with E-state index in [0.29, 0.717) is 0 Å².